The molecule has 0 saturated carbocycles. The highest BCUT2D eigenvalue weighted by Crippen LogP contribution is 2.56. The van der Waals surface area contributed by atoms with Crippen LogP contribution in [0.5, 0.6) is 0 Å². The first-order valence-corrected chi connectivity index (χ1v) is 9.24. The molecule has 0 fully saturated rings. The fraction of sp³-hybridized carbons (Fsp3) is 0.208. The summed E-state index contributed by atoms with van der Waals surface area (Å²) in [5, 5.41) is 41.1. The summed E-state index contributed by atoms with van der Waals surface area (Å²) in [6.45, 7) is 1.86. The van der Waals surface area contributed by atoms with Crippen LogP contribution in [-0.4, -0.2) is 0 Å². The molecule has 0 saturated heterocycles. The minimum atomic E-state index is -2.30. The minimum Gasteiger partial charge on any atom is -0.422 e. The maximum Gasteiger partial charge on any atom is 0.342 e. The van der Waals surface area contributed by atoms with E-state index in [-0.39, 0.29) is 12.0 Å². The maximum atomic E-state index is 13.0. The molecule has 142 valence electrons. The number of nitrogens with zero attached hydrogens (tertiary/aromatic N) is 4. The Morgan fingerprint density at radius 2 is 1.63 bits per heavy atom. The Labute approximate surface area is 172 Å². The first-order valence-electron chi connectivity index (χ1n) is 9.24. The summed E-state index contributed by atoms with van der Waals surface area (Å²) < 4.78 is 5.45. The van der Waals surface area contributed by atoms with Crippen LogP contribution in [0.1, 0.15) is 28.2 Å². The van der Waals surface area contributed by atoms with E-state index < -0.39 is 22.4 Å². The predicted octanol–water partition coefficient (Wildman–Crippen LogP) is 3.76. The molecule has 3 aromatic rings. The smallest absolute Gasteiger partial charge is 0.342 e. The quantitative estimate of drug-likeness (QED) is 0.582. The largest absolute Gasteiger partial charge is 0.422 e. The van der Waals surface area contributed by atoms with Crippen molar-refractivity contribution in [3.05, 3.63) is 81.2 Å². The van der Waals surface area contributed by atoms with Crippen molar-refractivity contribution in [3.8, 4) is 24.3 Å². The third-order valence-corrected chi connectivity index (χ3v) is 5.96. The van der Waals surface area contributed by atoms with Crippen LogP contribution < -0.4 is 5.63 Å². The molecule has 0 spiro atoms. The molecular formula is C24H14N4O2. The maximum absolute atomic E-state index is 13.0. The number of hydrogen-bond donors (Lipinski definition) is 0. The van der Waals surface area contributed by atoms with Gasteiger partial charge < -0.3 is 4.42 Å². The summed E-state index contributed by atoms with van der Waals surface area (Å²) in [6.07, 6.45) is 0.150. The fourth-order valence-electron chi connectivity index (χ4n) is 4.49. The molecule has 1 aliphatic rings. The van der Waals surface area contributed by atoms with Crippen molar-refractivity contribution in [1.82, 2.24) is 0 Å². The number of fused-ring (bicyclic) bond motifs is 3. The molecule has 6 nitrogen and oxygen atoms in total. The lowest BCUT2D eigenvalue weighted by Gasteiger charge is -2.42. The van der Waals surface area contributed by atoms with Crippen LogP contribution in [0.3, 0.4) is 0 Å². The van der Waals surface area contributed by atoms with Gasteiger partial charge in [-0.3, -0.25) is 0 Å². The average Bonchev–Trinajstić information content (AvgIpc) is 2.78. The van der Waals surface area contributed by atoms with Gasteiger partial charge in [0, 0.05) is 11.3 Å². The standard InChI is InChI=1S/C24H14N4O2/c1-15-7-8-17-18-10-19(16-5-3-2-4-6-16)23(11-25,12-26)24(13-27,14-28)21(18)22(29)30-20(17)9-15/h2-9,19H,10H2,1H3. The molecule has 4 rings (SSSR count). The molecule has 30 heavy (non-hydrogen) atoms. The highest BCUT2D eigenvalue weighted by atomic mass is 16.4. The van der Waals surface area contributed by atoms with Crippen molar-refractivity contribution in [2.75, 3.05) is 0 Å². The summed E-state index contributed by atoms with van der Waals surface area (Å²) in [5.74, 6) is -0.785. The second kappa shape index (κ2) is 6.59. The lowest BCUT2D eigenvalue weighted by atomic mass is 9.50. The summed E-state index contributed by atoms with van der Waals surface area (Å²) in [6, 6.07) is 21.8. The summed E-state index contributed by atoms with van der Waals surface area (Å²) >= 11 is 0. The first kappa shape index (κ1) is 18.9. The number of hydrogen-bond acceptors (Lipinski definition) is 6. The highest BCUT2D eigenvalue weighted by Gasteiger charge is 2.65. The first-order chi connectivity index (χ1) is 14.5. The Bertz CT molecular complexity index is 1380. The van der Waals surface area contributed by atoms with E-state index in [1.807, 2.05) is 37.3 Å². The molecule has 0 aliphatic heterocycles. The van der Waals surface area contributed by atoms with E-state index >= 15 is 0 Å². The number of aryl methyl sites for hydroxylation is 1. The van der Waals surface area contributed by atoms with E-state index in [0.717, 1.165) is 5.56 Å². The molecule has 1 aliphatic carbocycles. The Kier molecular flexibility index (Phi) is 4.17. The second-order valence-corrected chi connectivity index (χ2v) is 7.42. The Morgan fingerprint density at radius 3 is 2.23 bits per heavy atom. The second-order valence-electron chi connectivity index (χ2n) is 7.42. The zero-order valence-electron chi connectivity index (χ0n) is 16.0. The molecule has 2 aromatic carbocycles. The van der Waals surface area contributed by atoms with Gasteiger partial charge in [0.1, 0.15) is 5.58 Å². The SMILES string of the molecule is Cc1ccc2c3c(c(=O)oc2c1)C(C#N)(C#N)C(C#N)(C#N)C(c1ccccc1)C3. The molecule has 0 N–H and O–H groups in total. The third kappa shape index (κ3) is 2.23. The van der Waals surface area contributed by atoms with Crippen LogP contribution in [0.25, 0.3) is 11.0 Å². The van der Waals surface area contributed by atoms with E-state index in [9.17, 15) is 25.8 Å². The van der Waals surface area contributed by atoms with Crippen molar-refractivity contribution in [3.63, 3.8) is 0 Å². The van der Waals surface area contributed by atoms with Crippen LogP contribution in [-0.2, 0) is 11.8 Å². The van der Waals surface area contributed by atoms with Gasteiger partial charge in [0.25, 0.3) is 0 Å². The van der Waals surface area contributed by atoms with Gasteiger partial charge in [-0.25, -0.2) is 4.79 Å². The van der Waals surface area contributed by atoms with Crippen molar-refractivity contribution in [2.45, 2.75) is 24.7 Å². The number of benzene rings is 2. The van der Waals surface area contributed by atoms with Crippen molar-refractivity contribution in [1.29, 1.82) is 21.0 Å². The van der Waals surface area contributed by atoms with Gasteiger partial charge >= 0.3 is 5.63 Å². The molecule has 1 heterocycles. The van der Waals surface area contributed by atoms with Crippen molar-refractivity contribution in [2.24, 2.45) is 5.41 Å². The molecular weight excluding hydrogens is 376 g/mol. The molecule has 1 aromatic heterocycles. The predicted molar refractivity (Wildman–Crippen MR) is 107 cm³/mol. The van der Waals surface area contributed by atoms with E-state index in [1.54, 1.807) is 42.5 Å². The van der Waals surface area contributed by atoms with Gasteiger partial charge in [0.05, 0.1) is 29.8 Å². The third-order valence-electron chi connectivity index (χ3n) is 5.96. The molecule has 6 heteroatoms. The normalized spacial score (nSPS) is 18.2. The summed E-state index contributed by atoms with van der Waals surface area (Å²) in [5.41, 5.74) is -3.11. The average molecular weight is 390 g/mol. The van der Waals surface area contributed by atoms with Crippen LogP contribution in [0, 0.1) is 57.7 Å². The van der Waals surface area contributed by atoms with Crippen molar-refractivity contribution < 1.29 is 4.42 Å². The molecule has 1 unspecified atom stereocenters. The van der Waals surface area contributed by atoms with Gasteiger partial charge in [-0.2, -0.15) is 21.0 Å². The van der Waals surface area contributed by atoms with Crippen LogP contribution in [0.2, 0.25) is 0 Å². The summed E-state index contributed by atoms with van der Waals surface area (Å²) in [4.78, 5) is 13.0. The minimum absolute atomic E-state index is 0.150. The molecule has 0 amide bonds. The monoisotopic (exact) mass is 390 g/mol. The zero-order chi connectivity index (χ0) is 21.5. The van der Waals surface area contributed by atoms with E-state index in [1.165, 1.54) is 0 Å². The van der Waals surface area contributed by atoms with E-state index in [0.29, 0.717) is 22.1 Å². The van der Waals surface area contributed by atoms with Gasteiger partial charge in [-0.1, -0.05) is 42.5 Å². The Balaban J connectivity index is 2.21. The van der Waals surface area contributed by atoms with Crippen molar-refractivity contribution >= 4 is 11.0 Å². The topological polar surface area (TPSA) is 125 Å². The van der Waals surface area contributed by atoms with Crippen LogP contribution >= 0.6 is 0 Å². The highest BCUT2D eigenvalue weighted by molar-refractivity contribution is 5.84. The lowest BCUT2D eigenvalue weighted by Crippen LogP contribution is -2.53. The number of nitriles is 4. The van der Waals surface area contributed by atoms with Gasteiger partial charge in [0.15, 0.2) is 5.41 Å². The summed E-state index contributed by atoms with van der Waals surface area (Å²) in [7, 11) is 0. The van der Waals surface area contributed by atoms with Gasteiger partial charge in [-0.15, -0.1) is 0 Å². The zero-order valence-corrected chi connectivity index (χ0v) is 16.0. The molecule has 0 bridgehead atoms. The Morgan fingerprint density at radius 1 is 0.967 bits per heavy atom. The van der Waals surface area contributed by atoms with Crippen LogP contribution in [0.4, 0.5) is 0 Å². The van der Waals surface area contributed by atoms with Gasteiger partial charge in [-0.05, 0) is 36.1 Å². The molecule has 0 radical (unpaired) electrons. The van der Waals surface area contributed by atoms with Gasteiger partial charge in [0.2, 0.25) is 5.41 Å². The lowest BCUT2D eigenvalue weighted by molar-refractivity contribution is 0.287. The number of rotatable bonds is 1. The molecule has 1 atom stereocenters. The Hall–Kier alpha value is -4.39. The van der Waals surface area contributed by atoms with E-state index in [4.69, 9.17) is 4.42 Å². The fourth-order valence-corrected chi connectivity index (χ4v) is 4.49. The van der Waals surface area contributed by atoms with Crippen LogP contribution in [0.15, 0.2) is 57.7 Å². The van der Waals surface area contributed by atoms with E-state index in [2.05, 4.69) is 0 Å².